The molecule has 2 fully saturated rings. The van der Waals surface area contributed by atoms with Gasteiger partial charge < -0.3 is 19.9 Å². The molecule has 1 aliphatic heterocycles. The number of carbonyl (C=O) groups is 2. The summed E-state index contributed by atoms with van der Waals surface area (Å²) in [4.78, 5) is 29.5. The van der Waals surface area contributed by atoms with E-state index in [0.717, 1.165) is 24.5 Å². The van der Waals surface area contributed by atoms with E-state index in [-0.39, 0.29) is 11.6 Å². The third-order valence-electron chi connectivity index (χ3n) is 6.47. The Labute approximate surface area is 175 Å². The van der Waals surface area contributed by atoms with Crippen molar-refractivity contribution in [3.8, 4) is 0 Å². The van der Waals surface area contributed by atoms with Crippen molar-refractivity contribution in [2.24, 2.45) is 11.3 Å². The highest BCUT2D eigenvalue weighted by Crippen LogP contribution is 2.39. The molecule has 2 bridgehead atoms. The Morgan fingerprint density at radius 3 is 2.90 bits per heavy atom. The van der Waals surface area contributed by atoms with Gasteiger partial charge in [0.05, 0.1) is 38.3 Å². The van der Waals surface area contributed by atoms with E-state index < -0.39 is 5.97 Å². The Bertz CT molecular complexity index is 952. The fourth-order valence-electron chi connectivity index (χ4n) is 5.44. The second-order valence-corrected chi connectivity index (χ2v) is 9.77. The number of benzene rings is 1. The van der Waals surface area contributed by atoms with Crippen LogP contribution in [-0.4, -0.2) is 43.1 Å². The molecule has 2 aromatic rings. The third kappa shape index (κ3) is 4.14. The van der Waals surface area contributed by atoms with Gasteiger partial charge in [-0.3, -0.25) is 4.79 Å². The number of ether oxygens (including phenoxy) is 1. The van der Waals surface area contributed by atoms with E-state index in [1.165, 1.54) is 26.4 Å². The molecule has 6 nitrogen and oxygen atoms in total. The number of anilines is 1. The van der Waals surface area contributed by atoms with Crippen LogP contribution in [0.15, 0.2) is 18.2 Å². The number of rotatable bonds is 5. The van der Waals surface area contributed by atoms with E-state index >= 15 is 0 Å². The minimum Gasteiger partial charge on any atom is -0.464 e. The quantitative estimate of drug-likeness (QED) is 0.653. The Morgan fingerprint density at radius 1 is 1.34 bits per heavy atom. The summed E-state index contributed by atoms with van der Waals surface area (Å²) in [6, 6.07) is 5.93. The molecule has 7 heteroatoms. The normalized spacial score (nSPS) is 25.2. The SMILES string of the molecule is COC(=O)c1[nH]c2ccc(Cl)cc2c1NC(=O)CC[NH+]1C[C@@H]2C[C@@H]1CC(C)(C)C2. The van der Waals surface area contributed by atoms with Crippen LogP contribution < -0.4 is 10.2 Å². The van der Waals surface area contributed by atoms with Gasteiger partial charge in [-0.15, -0.1) is 0 Å². The van der Waals surface area contributed by atoms with Crippen LogP contribution >= 0.6 is 11.6 Å². The first-order valence-corrected chi connectivity index (χ1v) is 10.7. The molecule has 1 saturated carbocycles. The van der Waals surface area contributed by atoms with Gasteiger partial charge >= 0.3 is 5.97 Å². The fourth-order valence-corrected chi connectivity index (χ4v) is 5.61. The van der Waals surface area contributed by atoms with Gasteiger partial charge in [0.25, 0.3) is 0 Å². The number of aromatic amines is 1. The van der Waals surface area contributed by atoms with Crippen molar-refractivity contribution in [1.82, 2.24) is 4.98 Å². The van der Waals surface area contributed by atoms with Crippen molar-refractivity contribution < 1.29 is 19.2 Å². The lowest BCUT2D eigenvalue weighted by Crippen LogP contribution is -3.13. The predicted molar refractivity (Wildman–Crippen MR) is 114 cm³/mol. The number of nitrogens with one attached hydrogen (secondary N) is 3. The van der Waals surface area contributed by atoms with E-state index in [2.05, 4.69) is 24.1 Å². The zero-order valence-electron chi connectivity index (χ0n) is 17.2. The van der Waals surface area contributed by atoms with Crippen LogP contribution in [0.3, 0.4) is 0 Å². The average molecular weight is 419 g/mol. The van der Waals surface area contributed by atoms with Crippen LogP contribution in [0.25, 0.3) is 10.9 Å². The van der Waals surface area contributed by atoms with Crippen LogP contribution in [0.4, 0.5) is 5.69 Å². The van der Waals surface area contributed by atoms with Crippen LogP contribution in [0.5, 0.6) is 0 Å². The summed E-state index contributed by atoms with van der Waals surface area (Å²) in [6.45, 7) is 6.70. The molecule has 0 radical (unpaired) electrons. The molecule has 4 rings (SSSR count). The molecule has 2 heterocycles. The molecule has 3 N–H and O–H groups in total. The fraction of sp³-hybridized carbons (Fsp3) is 0.545. The van der Waals surface area contributed by atoms with Crippen LogP contribution in [-0.2, 0) is 9.53 Å². The van der Waals surface area contributed by atoms with Gasteiger partial charge in [0.15, 0.2) is 0 Å². The monoisotopic (exact) mass is 418 g/mol. The van der Waals surface area contributed by atoms with Gasteiger partial charge in [0.2, 0.25) is 5.91 Å². The summed E-state index contributed by atoms with van der Waals surface area (Å²) in [5, 5.41) is 4.18. The van der Waals surface area contributed by atoms with Gasteiger partial charge in [0.1, 0.15) is 5.69 Å². The average Bonchev–Trinajstić information content (AvgIpc) is 3.15. The van der Waals surface area contributed by atoms with Crippen molar-refractivity contribution in [2.75, 3.05) is 25.5 Å². The largest absolute Gasteiger partial charge is 0.464 e. The van der Waals surface area contributed by atoms with E-state index in [1.807, 2.05) is 0 Å². The maximum Gasteiger partial charge on any atom is 0.356 e. The standard InChI is InChI=1S/C22H28ClN3O3/c1-22(2)10-13-8-15(11-22)26(12-13)7-6-18(27)25-19-16-9-14(23)4-5-17(16)24-20(19)21(28)29-3/h4-5,9,13,15,24H,6-8,10-12H2,1-3H3,(H,25,27)/p+1/t13-,15-/m1/s1. The van der Waals surface area contributed by atoms with Crippen molar-refractivity contribution >= 4 is 40.1 Å². The smallest absolute Gasteiger partial charge is 0.356 e. The zero-order chi connectivity index (χ0) is 20.8. The number of aromatic nitrogens is 1. The molecule has 1 saturated heterocycles. The van der Waals surface area contributed by atoms with E-state index in [1.54, 1.807) is 23.1 Å². The Kier molecular flexibility index (Phi) is 5.34. The number of esters is 1. The van der Waals surface area contributed by atoms with Crippen LogP contribution in [0.1, 0.15) is 50.0 Å². The first-order valence-electron chi connectivity index (χ1n) is 10.3. The highest BCUT2D eigenvalue weighted by molar-refractivity contribution is 6.31. The minimum absolute atomic E-state index is 0.0933. The highest BCUT2D eigenvalue weighted by atomic mass is 35.5. The van der Waals surface area contributed by atoms with Crippen molar-refractivity contribution in [3.63, 3.8) is 0 Å². The van der Waals surface area contributed by atoms with Crippen LogP contribution in [0, 0.1) is 11.3 Å². The Hall–Kier alpha value is -2.05. The number of quaternary nitrogens is 1. The molecule has 1 unspecified atom stereocenters. The summed E-state index contributed by atoms with van der Waals surface area (Å²) >= 11 is 6.13. The molecule has 2 aliphatic rings. The van der Waals surface area contributed by atoms with Gasteiger partial charge in [-0.05, 0) is 30.0 Å². The summed E-state index contributed by atoms with van der Waals surface area (Å²) in [6.07, 6.45) is 4.23. The first kappa shape index (κ1) is 20.2. The molecular formula is C22H29ClN3O3+. The topological polar surface area (TPSA) is 75.6 Å². The molecule has 1 aromatic carbocycles. The molecular weight excluding hydrogens is 390 g/mol. The van der Waals surface area contributed by atoms with Crippen molar-refractivity contribution in [2.45, 2.75) is 45.6 Å². The molecule has 0 spiro atoms. The van der Waals surface area contributed by atoms with Crippen molar-refractivity contribution in [1.29, 1.82) is 0 Å². The molecule has 156 valence electrons. The van der Waals surface area contributed by atoms with Crippen molar-refractivity contribution in [3.05, 3.63) is 28.9 Å². The number of fused-ring (bicyclic) bond motifs is 3. The van der Waals surface area contributed by atoms with Gasteiger partial charge in [-0.1, -0.05) is 25.4 Å². The Balaban J connectivity index is 1.47. The second kappa shape index (κ2) is 7.65. The lowest BCUT2D eigenvalue weighted by atomic mass is 9.72. The Morgan fingerprint density at radius 2 is 2.14 bits per heavy atom. The number of halogens is 1. The van der Waals surface area contributed by atoms with E-state index in [9.17, 15) is 9.59 Å². The summed E-state index contributed by atoms with van der Waals surface area (Å²) in [5.41, 5.74) is 1.82. The third-order valence-corrected chi connectivity index (χ3v) is 6.71. The maximum absolute atomic E-state index is 12.8. The number of carbonyl (C=O) groups excluding carboxylic acids is 2. The number of amides is 1. The maximum atomic E-state index is 12.8. The van der Waals surface area contributed by atoms with Gasteiger partial charge in [-0.2, -0.15) is 0 Å². The number of H-pyrrole nitrogens is 1. The first-order chi connectivity index (χ1) is 13.8. The lowest BCUT2D eigenvalue weighted by molar-refractivity contribution is -0.912. The van der Waals surface area contributed by atoms with Gasteiger partial charge in [-0.25, -0.2) is 4.79 Å². The number of likely N-dealkylation sites (tertiary alicyclic amines) is 1. The lowest BCUT2D eigenvalue weighted by Gasteiger charge is -2.32. The number of hydrogen-bond acceptors (Lipinski definition) is 3. The van der Waals surface area contributed by atoms with E-state index in [0.29, 0.717) is 34.0 Å². The van der Waals surface area contributed by atoms with Crippen LogP contribution in [0.2, 0.25) is 5.02 Å². The minimum atomic E-state index is -0.520. The molecule has 1 aliphatic carbocycles. The van der Waals surface area contributed by atoms with E-state index in [4.69, 9.17) is 16.3 Å². The molecule has 1 aromatic heterocycles. The van der Waals surface area contributed by atoms with Gasteiger partial charge in [0, 0.05) is 34.7 Å². The molecule has 1 amide bonds. The summed E-state index contributed by atoms with van der Waals surface area (Å²) < 4.78 is 4.87. The zero-order valence-corrected chi connectivity index (χ0v) is 18.0. The molecule has 29 heavy (non-hydrogen) atoms. The summed E-state index contributed by atoms with van der Waals surface area (Å²) in [5.74, 6) is 0.168. The number of hydrogen-bond donors (Lipinski definition) is 3. The highest BCUT2D eigenvalue weighted by Gasteiger charge is 2.45. The number of methoxy groups -OCH3 is 1. The predicted octanol–water partition coefficient (Wildman–Crippen LogP) is 3.03. The molecule has 3 atom stereocenters. The summed E-state index contributed by atoms with van der Waals surface area (Å²) in [7, 11) is 1.32. The second-order valence-electron chi connectivity index (χ2n) is 9.34.